The molecule has 0 radical (unpaired) electrons. The van der Waals surface area contributed by atoms with Crippen LogP contribution in [0.15, 0.2) is 58.9 Å². The molecule has 0 atom stereocenters. The summed E-state index contributed by atoms with van der Waals surface area (Å²) in [5, 5.41) is 11.1. The van der Waals surface area contributed by atoms with Gasteiger partial charge in [-0.2, -0.15) is 5.26 Å². The van der Waals surface area contributed by atoms with E-state index in [0.29, 0.717) is 5.56 Å². The van der Waals surface area contributed by atoms with Crippen LogP contribution in [0.5, 0.6) is 0 Å². The highest BCUT2D eigenvalue weighted by Gasteiger charge is 2.11. The van der Waals surface area contributed by atoms with E-state index in [1.165, 1.54) is 21.6 Å². The summed E-state index contributed by atoms with van der Waals surface area (Å²) in [6.45, 7) is 6.21. The fourth-order valence-corrected chi connectivity index (χ4v) is 3.19. The molecule has 0 aromatic heterocycles. The summed E-state index contributed by atoms with van der Waals surface area (Å²) >= 11 is 1.72. The topological polar surface area (TPSA) is 23.8 Å². The van der Waals surface area contributed by atoms with Crippen molar-refractivity contribution in [1.82, 2.24) is 0 Å². The van der Waals surface area contributed by atoms with Crippen molar-refractivity contribution >= 4 is 17.8 Å². The third-order valence-electron chi connectivity index (χ3n) is 3.45. The van der Waals surface area contributed by atoms with Crippen LogP contribution in [0.25, 0.3) is 17.2 Å². The highest BCUT2D eigenvalue weighted by atomic mass is 32.2. The average Bonchev–Trinajstić information content (AvgIpc) is 2.55. The van der Waals surface area contributed by atoms with E-state index >= 15 is 0 Å². The minimum Gasteiger partial charge on any atom is -0.192 e. The third-order valence-corrected chi connectivity index (χ3v) is 4.45. The minimum atomic E-state index is 0.689. The first-order valence-corrected chi connectivity index (χ1v) is 8.14. The molecule has 0 N–H and O–H groups in total. The van der Waals surface area contributed by atoms with E-state index in [1.807, 2.05) is 44.2 Å². The van der Waals surface area contributed by atoms with Crippen LogP contribution < -0.4 is 0 Å². The van der Waals surface area contributed by atoms with Crippen LogP contribution in [0.2, 0.25) is 0 Å². The Hall–Kier alpha value is -2.24. The Kier molecular flexibility index (Phi) is 5.63. The quantitative estimate of drug-likeness (QED) is 0.628. The van der Waals surface area contributed by atoms with Crippen molar-refractivity contribution in [3.05, 3.63) is 70.6 Å². The summed E-state index contributed by atoms with van der Waals surface area (Å²) in [7, 11) is 0. The van der Waals surface area contributed by atoms with E-state index in [0.717, 1.165) is 5.56 Å². The van der Waals surface area contributed by atoms with Crippen molar-refractivity contribution in [3.63, 3.8) is 0 Å². The fraction of sp³-hybridized carbons (Fsp3) is 0.150. The Morgan fingerprint density at radius 1 is 1.00 bits per heavy atom. The summed E-state index contributed by atoms with van der Waals surface area (Å²) in [5.74, 6) is 0. The van der Waals surface area contributed by atoms with Gasteiger partial charge in [-0.15, -0.1) is 0 Å². The lowest BCUT2D eigenvalue weighted by Gasteiger charge is -2.14. The number of thioether (sulfide) groups is 1. The smallest absolute Gasteiger partial charge is 0.0991 e. The molecule has 0 amide bonds. The zero-order valence-corrected chi connectivity index (χ0v) is 13.9. The third kappa shape index (κ3) is 3.50. The van der Waals surface area contributed by atoms with Crippen LogP contribution in [0.4, 0.5) is 0 Å². The Morgan fingerprint density at radius 2 is 1.73 bits per heavy atom. The lowest BCUT2D eigenvalue weighted by molar-refractivity contribution is 1.34. The molecule has 0 unspecified atom stereocenters. The minimum absolute atomic E-state index is 0.689. The van der Waals surface area contributed by atoms with Gasteiger partial charge in [-0.25, -0.2) is 0 Å². The maximum Gasteiger partial charge on any atom is 0.0991 e. The predicted molar refractivity (Wildman–Crippen MR) is 96.7 cm³/mol. The Labute approximate surface area is 137 Å². The molecule has 22 heavy (non-hydrogen) atoms. The van der Waals surface area contributed by atoms with Crippen LogP contribution in [0.3, 0.4) is 0 Å². The molecule has 2 aromatic rings. The van der Waals surface area contributed by atoms with Gasteiger partial charge in [-0.1, -0.05) is 48.2 Å². The second kappa shape index (κ2) is 7.68. The molecule has 1 nitrogen and oxygen atoms in total. The summed E-state index contributed by atoms with van der Waals surface area (Å²) in [5.41, 5.74) is 5.57. The molecule has 0 fully saturated rings. The standard InChI is InChI=1S/C20H19NS/c1-4-6-17-11-12-19(22-13-5-2)20(15(17)3)18-9-7-16(14-21)8-10-18/h4-13H,1-3H3/b6-4-,13-5+. The molecule has 0 heterocycles. The van der Waals surface area contributed by atoms with E-state index in [1.54, 1.807) is 11.8 Å². The van der Waals surface area contributed by atoms with Crippen LogP contribution in [-0.2, 0) is 0 Å². The van der Waals surface area contributed by atoms with Gasteiger partial charge in [-0.3, -0.25) is 0 Å². The molecule has 0 spiro atoms. The van der Waals surface area contributed by atoms with Gasteiger partial charge in [0.2, 0.25) is 0 Å². The van der Waals surface area contributed by atoms with Gasteiger partial charge in [0.1, 0.15) is 0 Å². The summed E-state index contributed by atoms with van der Waals surface area (Å²) in [4.78, 5) is 1.23. The maximum absolute atomic E-state index is 8.97. The fourth-order valence-electron chi connectivity index (χ4n) is 2.37. The summed E-state index contributed by atoms with van der Waals surface area (Å²) in [6, 6.07) is 14.3. The van der Waals surface area contributed by atoms with Crippen molar-refractivity contribution in [1.29, 1.82) is 5.26 Å². The second-order valence-corrected chi connectivity index (χ2v) is 5.88. The molecule has 0 aliphatic heterocycles. The second-order valence-electron chi connectivity index (χ2n) is 4.93. The Morgan fingerprint density at radius 3 is 2.32 bits per heavy atom. The zero-order valence-electron chi connectivity index (χ0n) is 13.1. The van der Waals surface area contributed by atoms with Gasteiger partial charge < -0.3 is 0 Å². The number of hydrogen-bond donors (Lipinski definition) is 0. The Balaban J connectivity index is 2.62. The zero-order chi connectivity index (χ0) is 15.9. The van der Waals surface area contributed by atoms with E-state index in [2.05, 4.69) is 42.7 Å². The van der Waals surface area contributed by atoms with Crippen LogP contribution in [0, 0.1) is 18.3 Å². The van der Waals surface area contributed by atoms with Crippen molar-refractivity contribution in [2.75, 3.05) is 0 Å². The molecular formula is C20H19NS. The number of benzene rings is 2. The molecule has 0 aliphatic carbocycles. The molecule has 2 rings (SSSR count). The molecule has 2 heteroatoms. The number of nitrogens with zero attached hydrogens (tertiary/aromatic N) is 1. The summed E-state index contributed by atoms with van der Waals surface area (Å²) < 4.78 is 0. The lowest BCUT2D eigenvalue weighted by atomic mass is 9.95. The lowest BCUT2D eigenvalue weighted by Crippen LogP contribution is -1.91. The highest BCUT2D eigenvalue weighted by molar-refractivity contribution is 8.02. The number of hydrogen-bond acceptors (Lipinski definition) is 2. The molecule has 0 aliphatic rings. The van der Waals surface area contributed by atoms with Crippen molar-refractivity contribution in [3.8, 4) is 17.2 Å². The average molecular weight is 305 g/mol. The normalized spacial score (nSPS) is 11.2. The first-order chi connectivity index (χ1) is 10.7. The first kappa shape index (κ1) is 16.1. The molecule has 0 saturated carbocycles. The number of nitriles is 1. The van der Waals surface area contributed by atoms with Crippen molar-refractivity contribution in [2.24, 2.45) is 0 Å². The Bertz CT molecular complexity index is 747. The van der Waals surface area contributed by atoms with Gasteiger partial charge >= 0.3 is 0 Å². The van der Waals surface area contributed by atoms with E-state index in [9.17, 15) is 0 Å². The number of allylic oxidation sites excluding steroid dienone is 2. The van der Waals surface area contributed by atoms with E-state index < -0.39 is 0 Å². The van der Waals surface area contributed by atoms with Crippen molar-refractivity contribution in [2.45, 2.75) is 25.7 Å². The molecular weight excluding hydrogens is 286 g/mol. The van der Waals surface area contributed by atoms with Gasteiger partial charge in [-0.05, 0) is 66.6 Å². The monoisotopic (exact) mass is 305 g/mol. The largest absolute Gasteiger partial charge is 0.192 e. The van der Waals surface area contributed by atoms with Crippen LogP contribution in [0.1, 0.15) is 30.5 Å². The maximum atomic E-state index is 8.97. The summed E-state index contributed by atoms with van der Waals surface area (Å²) in [6.07, 6.45) is 6.23. The van der Waals surface area contributed by atoms with Gasteiger partial charge in [0, 0.05) is 4.90 Å². The first-order valence-electron chi connectivity index (χ1n) is 7.26. The van der Waals surface area contributed by atoms with E-state index in [-0.39, 0.29) is 0 Å². The van der Waals surface area contributed by atoms with Crippen LogP contribution in [-0.4, -0.2) is 0 Å². The van der Waals surface area contributed by atoms with Crippen LogP contribution >= 0.6 is 11.8 Å². The molecule has 2 aromatic carbocycles. The SMILES string of the molecule is C/C=C\c1ccc(S/C=C/C)c(-c2ccc(C#N)cc2)c1C. The van der Waals surface area contributed by atoms with E-state index in [4.69, 9.17) is 5.26 Å². The number of rotatable bonds is 4. The molecule has 0 saturated heterocycles. The van der Waals surface area contributed by atoms with Gasteiger partial charge in [0.15, 0.2) is 0 Å². The van der Waals surface area contributed by atoms with Crippen molar-refractivity contribution < 1.29 is 0 Å². The highest BCUT2D eigenvalue weighted by Crippen LogP contribution is 2.36. The molecule has 0 bridgehead atoms. The predicted octanol–water partition coefficient (Wildman–Crippen LogP) is 6.19. The molecule has 110 valence electrons. The van der Waals surface area contributed by atoms with Gasteiger partial charge in [0.25, 0.3) is 0 Å². The van der Waals surface area contributed by atoms with Gasteiger partial charge in [0.05, 0.1) is 11.6 Å².